The maximum absolute atomic E-state index is 13.7. The number of hydrogen-bond donors (Lipinski definition) is 2. The van der Waals surface area contributed by atoms with Crippen molar-refractivity contribution in [3.63, 3.8) is 0 Å². The Hall–Kier alpha value is -3.49. The molecule has 1 amide bonds. The molecule has 0 aliphatic rings. The van der Waals surface area contributed by atoms with Crippen molar-refractivity contribution < 1.29 is 26.7 Å². The summed E-state index contributed by atoms with van der Waals surface area (Å²) in [6.45, 7) is 0.192. The van der Waals surface area contributed by atoms with E-state index in [-0.39, 0.29) is 23.5 Å². The molecule has 0 aliphatic carbocycles. The van der Waals surface area contributed by atoms with Crippen LogP contribution in [0.4, 0.5) is 33.3 Å². The third-order valence-corrected chi connectivity index (χ3v) is 3.99. The minimum atomic E-state index is -4.58. The van der Waals surface area contributed by atoms with Crippen molar-refractivity contribution in [2.24, 2.45) is 0 Å². The number of aromatic nitrogens is 1. The Kier molecular flexibility index (Phi) is 5.76. The summed E-state index contributed by atoms with van der Waals surface area (Å²) in [6, 6.07) is 8.88. The van der Waals surface area contributed by atoms with Crippen LogP contribution in [0.1, 0.15) is 21.5 Å². The summed E-state index contributed by atoms with van der Waals surface area (Å²) in [5.41, 5.74) is -0.569. The zero-order valence-corrected chi connectivity index (χ0v) is 14.7. The summed E-state index contributed by atoms with van der Waals surface area (Å²) in [4.78, 5) is 16.4. The number of carbonyl (C=O) groups is 1. The normalized spacial score (nSPS) is 11.2. The Morgan fingerprint density at radius 2 is 1.66 bits per heavy atom. The van der Waals surface area contributed by atoms with E-state index in [9.17, 15) is 26.7 Å². The zero-order valence-electron chi connectivity index (χ0n) is 14.7. The average molecular weight is 407 g/mol. The lowest BCUT2D eigenvalue weighted by atomic mass is 10.1. The summed E-state index contributed by atoms with van der Waals surface area (Å²) in [5, 5.41) is 5.10. The van der Waals surface area contributed by atoms with Crippen LogP contribution in [0.15, 0.2) is 60.9 Å². The second kappa shape index (κ2) is 8.26. The third kappa shape index (κ3) is 5.07. The molecule has 2 N–H and O–H groups in total. The van der Waals surface area contributed by atoms with E-state index in [1.807, 2.05) is 0 Å². The summed E-state index contributed by atoms with van der Waals surface area (Å²) in [5.74, 6) is -3.31. The SMILES string of the molecule is O=C(Nc1cccc(C(F)(F)F)c1)c1cc(F)c(F)cc1NCc1ccncc1. The number of rotatable bonds is 5. The van der Waals surface area contributed by atoms with Gasteiger partial charge in [-0.25, -0.2) is 8.78 Å². The number of alkyl halides is 3. The van der Waals surface area contributed by atoms with Gasteiger partial charge in [-0.15, -0.1) is 0 Å². The van der Waals surface area contributed by atoms with E-state index < -0.39 is 29.3 Å². The molecule has 9 heteroatoms. The first-order valence-corrected chi connectivity index (χ1v) is 8.34. The van der Waals surface area contributed by atoms with E-state index >= 15 is 0 Å². The molecule has 0 aliphatic heterocycles. The van der Waals surface area contributed by atoms with Gasteiger partial charge in [0.1, 0.15) is 0 Å². The number of halogens is 5. The molecule has 0 unspecified atom stereocenters. The van der Waals surface area contributed by atoms with E-state index in [4.69, 9.17) is 0 Å². The standard InChI is InChI=1S/C20H14F5N3O/c21-16-9-15(18(10-17(16)22)27-11-12-4-6-26-7-5-12)19(29)28-14-3-1-2-13(8-14)20(23,24)25/h1-10,27H,11H2,(H,28,29). The van der Waals surface area contributed by atoms with Gasteiger partial charge in [-0.05, 0) is 42.0 Å². The highest BCUT2D eigenvalue weighted by atomic mass is 19.4. The fourth-order valence-corrected chi connectivity index (χ4v) is 2.55. The number of pyridine rings is 1. The van der Waals surface area contributed by atoms with E-state index in [2.05, 4.69) is 15.6 Å². The molecule has 29 heavy (non-hydrogen) atoms. The van der Waals surface area contributed by atoms with E-state index in [0.29, 0.717) is 6.07 Å². The molecule has 0 saturated heterocycles. The summed E-state index contributed by atoms with van der Waals surface area (Å²) >= 11 is 0. The van der Waals surface area contributed by atoms with Crippen molar-refractivity contribution in [2.45, 2.75) is 12.7 Å². The molecular weight excluding hydrogens is 393 g/mol. The van der Waals surface area contributed by atoms with E-state index in [1.165, 1.54) is 6.07 Å². The molecule has 0 spiro atoms. The van der Waals surface area contributed by atoms with Crippen molar-refractivity contribution >= 4 is 17.3 Å². The predicted molar refractivity (Wildman–Crippen MR) is 97.3 cm³/mol. The zero-order chi connectivity index (χ0) is 21.0. The van der Waals surface area contributed by atoms with Crippen LogP contribution in [0.25, 0.3) is 0 Å². The van der Waals surface area contributed by atoms with Gasteiger partial charge in [-0.1, -0.05) is 6.07 Å². The number of nitrogens with one attached hydrogen (secondary N) is 2. The second-order valence-corrected chi connectivity index (χ2v) is 6.05. The van der Waals surface area contributed by atoms with Crippen LogP contribution in [-0.2, 0) is 12.7 Å². The Bertz CT molecular complexity index is 1020. The van der Waals surface area contributed by atoms with Gasteiger partial charge in [-0.3, -0.25) is 9.78 Å². The summed E-state index contributed by atoms with van der Waals surface area (Å²) < 4.78 is 65.9. The van der Waals surface area contributed by atoms with Gasteiger partial charge < -0.3 is 10.6 Å². The Morgan fingerprint density at radius 1 is 0.966 bits per heavy atom. The van der Waals surface area contributed by atoms with Gasteiger partial charge in [0, 0.05) is 30.7 Å². The first kappa shape index (κ1) is 20.2. The number of hydrogen-bond acceptors (Lipinski definition) is 3. The lowest BCUT2D eigenvalue weighted by molar-refractivity contribution is -0.137. The average Bonchev–Trinajstić information content (AvgIpc) is 2.69. The number of anilines is 2. The first-order valence-electron chi connectivity index (χ1n) is 8.34. The van der Waals surface area contributed by atoms with Crippen LogP contribution in [0.2, 0.25) is 0 Å². The first-order chi connectivity index (χ1) is 13.7. The Morgan fingerprint density at radius 3 is 2.34 bits per heavy atom. The number of nitrogens with zero attached hydrogens (tertiary/aromatic N) is 1. The maximum Gasteiger partial charge on any atom is 0.416 e. The molecule has 0 saturated carbocycles. The third-order valence-electron chi connectivity index (χ3n) is 3.99. The topological polar surface area (TPSA) is 54.0 Å². The van der Waals surface area contributed by atoms with Crippen LogP contribution in [0, 0.1) is 11.6 Å². The van der Waals surface area contributed by atoms with Crippen LogP contribution in [-0.4, -0.2) is 10.9 Å². The molecule has 2 aromatic carbocycles. The molecular formula is C20H14F5N3O. The number of benzene rings is 2. The minimum Gasteiger partial charge on any atom is -0.380 e. The smallest absolute Gasteiger partial charge is 0.380 e. The van der Waals surface area contributed by atoms with Gasteiger partial charge in [0.25, 0.3) is 5.91 Å². The number of carbonyl (C=O) groups excluding carboxylic acids is 1. The predicted octanol–water partition coefficient (Wildman–Crippen LogP) is 5.24. The van der Waals surface area contributed by atoms with Crippen LogP contribution in [0.5, 0.6) is 0 Å². The van der Waals surface area contributed by atoms with Gasteiger partial charge in [0.2, 0.25) is 0 Å². The Balaban J connectivity index is 1.85. The van der Waals surface area contributed by atoms with Crippen molar-refractivity contribution in [3.8, 4) is 0 Å². The quantitative estimate of drug-likeness (QED) is 0.569. The molecule has 3 aromatic rings. The molecule has 0 fully saturated rings. The minimum absolute atomic E-state index is 0.00908. The molecule has 3 rings (SSSR count). The molecule has 1 aromatic heterocycles. The van der Waals surface area contributed by atoms with E-state index in [0.717, 1.165) is 29.8 Å². The van der Waals surface area contributed by atoms with Crippen molar-refractivity contribution in [2.75, 3.05) is 10.6 Å². The van der Waals surface area contributed by atoms with Crippen LogP contribution in [0.3, 0.4) is 0 Å². The molecule has 0 atom stereocenters. The molecule has 1 heterocycles. The largest absolute Gasteiger partial charge is 0.416 e. The van der Waals surface area contributed by atoms with Gasteiger partial charge >= 0.3 is 6.18 Å². The molecule has 150 valence electrons. The maximum atomic E-state index is 13.7. The molecule has 0 radical (unpaired) electrons. The fraction of sp³-hybridized carbons (Fsp3) is 0.100. The van der Waals surface area contributed by atoms with Crippen LogP contribution >= 0.6 is 0 Å². The van der Waals surface area contributed by atoms with Crippen molar-refractivity contribution in [1.82, 2.24) is 4.98 Å². The lowest BCUT2D eigenvalue weighted by Gasteiger charge is -2.14. The highest BCUT2D eigenvalue weighted by Gasteiger charge is 2.30. The summed E-state index contributed by atoms with van der Waals surface area (Å²) in [7, 11) is 0. The Labute approximate surface area is 162 Å². The van der Waals surface area contributed by atoms with Gasteiger partial charge in [0.15, 0.2) is 11.6 Å². The van der Waals surface area contributed by atoms with E-state index in [1.54, 1.807) is 24.5 Å². The molecule has 0 bridgehead atoms. The lowest BCUT2D eigenvalue weighted by Crippen LogP contribution is -2.16. The fourth-order valence-electron chi connectivity index (χ4n) is 2.55. The van der Waals surface area contributed by atoms with Gasteiger partial charge in [0.05, 0.1) is 16.8 Å². The summed E-state index contributed by atoms with van der Waals surface area (Å²) in [6.07, 6.45) is -1.49. The number of amides is 1. The highest BCUT2D eigenvalue weighted by Crippen LogP contribution is 2.31. The monoisotopic (exact) mass is 407 g/mol. The van der Waals surface area contributed by atoms with Crippen molar-refractivity contribution in [3.05, 3.63) is 89.2 Å². The van der Waals surface area contributed by atoms with Crippen molar-refractivity contribution in [1.29, 1.82) is 0 Å². The van der Waals surface area contributed by atoms with Crippen LogP contribution < -0.4 is 10.6 Å². The molecule has 4 nitrogen and oxygen atoms in total. The highest BCUT2D eigenvalue weighted by molar-refractivity contribution is 6.08. The second-order valence-electron chi connectivity index (χ2n) is 6.05. The van der Waals surface area contributed by atoms with Gasteiger partial charge in [-0.2, -0.15) is 13.2 Å².